The number of ether oxygens (including phenoxy) is 1. The van der Waals surface area contributed by atoms with Gasteiger partial charge in [-0.05, 0) is 106 Å². The molecule has 0 spiro atoms. The van der Waals surface area contributed by atoms with Crippen LogP contribution in [0.15, 0.2) is 36.4 Å². The van der Waals surface area contributed by atoms with Crippen LogP contribution in [0.5, 0.6) is 0 Å². The number of rotatable bonds is 9. The number of para-hydroxylation sites is 1. The number of fused-ring (bicyclic) bond motifs is 1. The van der Waals surface area contributed by atoms with Crippen molar-refractivity contribution in [3.8, 4) is 0 Å². The van der Waals surface area contributed by atoms with Crippen LogP contribution in [0.2, 0.25) is 5.02 Å². The van der Waals surface area contributed by atoms with Crippen molar-refractivity contribution in [2.45, 2.75) is 102 Å². The lowest BCUT2D eigenvalue weighted by Crippen LogP contribution is -2.49. The number of benzene rings is 2. The first-order valence-electron chi connectivity index (χ1n) is 17.3. The lowest BCUT2D eigenvalue weighted by molar-refractivity contribution is -0.145. The Balaban J connectivity index is 1.23. The highest BCUT2D eigenvalue weighted by Crippen LogP contribution is 2.38. The third-order valence-corrected chi connectivity index (χ3v) is 10.4. The summed E-state index contributed by atoms with van der Waals surface area (Å²) in [4.78, 5) is 30.6. The van der Waals surface area contributed by atoms with Crippen LogP contribution in [0.4, 0.5) is 24.5 Å². The van der Waals surface area contributed by atoms with Crippen LogP contribution in [0.1, 0.15) is 87.3 Å². The standard InChI is InChI=1S/C36H48ClF3N4O3/c37-30-23-26(22-29(34(30)41)36(38,39)40)24-32(35(46)44-19-15-28(16-20-44)43-17-5-6-18-43)47-21-7-9-25-8-1-4-12-33(45)42-31-11-3-2-10-27(31)14-13-25/h2-3,10-11,22-23,25,28,32H,1,4-9,12-21,24,41H2,(H,42,45)/t25?,32-/m1/s1. The molecule has 1 unspecified atom stereocenters. The molecule has 3 aliphatic heterocycles. The molecule has 3 N–H and O–H groups in total. The lowest BCUT2D eigenvalue weighted by Gasteiger charge is -2.38. The van der Waals surface area contributed by atoms with E-state index < -0.39 is 23.5 Å². The highest BCUT2D eigenvalue weighted by molar-refractivity contribution is 6.33. The van der Waals surface area contributed by atoms with E-state index in [2.05, 4.69) is 16.3 Å². The van der Waals surface area contributed by atoms with Gasteiger partial charge in [-0.15, -0.1) is 0 Å². The zero-order valence-corrected chi connectivity index (χ0v) is 27.9. The third-order valence-electron chi connectivity index (χ3n) is 10.1. The summed E-state index contributed by atoms with van der Waals surface area (Å²) in [6, 6.07) is 10.8. The van der Waals surface area contributed by atoms with Gasteiger partial charge in [0.15, 0.2) is 0 Å². The average molecular weight is 677 g/mol. The highest BCUT2D eigenvalue weighted by atomic mass is 35.5. The van der Waals surface area contributed by atoms with Gasteiger partial charge in [0, 0.05) is 44.3 Å². The van der Waals surface area contributed by atoms with E-state index in [1.54, 1.807) is 0 Å². The Hall–Kier alpha value is -2.82. The second-order valence-electron chi connectivity index (χ2n) is 13.4. The van der Waals surface area contributed by atoms with E-state index >= 15 is 0 Å². The largest absolute Gasteiger partial charge is 0.418 e. The van der Waals surface area contributed by atoms with Gasteiger partial charge in [0.1, 0.15) is 6.10 Å². The van der Waals surface area contributed by atoms with Crippen molar-refractivity contribution < 1.29 is 27.5 Å². The minimum Gasteiger partial charge on any atom is -0.397 e. The lowest BCUT2D eigenvalue weighted by atomic mass is 9.90. The molecule has 3 heterocycles. The van der Waals surface area contributed by atoms with E-state index in [9.17, 15) is 22.8 Å². The fraction of sp³-hybridized carbons (Fsp3) is 0.611. The maximum atomic E-state index is 13.9. The summed E-state index contributed by atoms with van der Waals surface area (Å²) in [6.07, 6.45) is 5.34. The summed E-state index contributed by atoms with van der Waals surface area (Å²) in [5, 5.41) is 2.87. The molecule has 0 saturated carbocycles. The second-order valence-corrected chi connectivity index (χ2v) is 13.8. The van der Waals surface area contributed by atoms with Crippen LogP contribution in [0.25, 0.3) is 0 Å². The molecule has 2 aromatic rings. The van der Waals surface area contributed by atoms with Crippen molar-refractivity contribution in [1.82, 2.24) is 9.80 Å². The Bertz CT molecular complexity index is 1360. The van der Waals surface area contributed by atoms with Crippen LogP contribution < -0.4 is 11.1 Å². The van der Waals surface area contributed by atoms with E-state index in [-0.39, 0.29) is 28.8 Å². The summed E-state index contributed by atoms with van der Waals surface area (Å²) in [6.45, 7) is 3.75. The van der Waals surface area contributed by atoms with Crippen LogP contribution >= 0.6 is 11.6 Å². The fourth-order valence-electron chi connectivity index (χ4n) is 7.40. The number of nitrogens with one attached hydrogen (secondary N) is 1. The molecule has 47 heavy (non-hydrogen) atoms. The number of aryl methyl sites for hydroxylation is 1. The fourth-order valence-corrected chi connectivity index (χ4v) is 7.64. The molecule has 5 rings (SSSR count). The molecule has 0 bridgehead atoms. The molecule has 258 valence electrons. The predicted molar refractivity (Wildman–Crippen MR) is 179 cm³/mol. The first kappa shape index (κ1) is 35.5. The van der Waals surface area contributed by atoms with E-state index in [0.29, 0.717) is 38.1 Å². The summed E-state index contributed by atoms with van der Waals surface area (Å²) < 4.78 is 47.5. The number of nitrogen functional groups attached to an aromatic ring is 1. The molecule has 0 aromatic heterocycles. The van der Waals surface area contributed by atoms with Crippen molar-refractivity contribution in [2.75, 3.05) is 43.8 Å². The summed E-state index contributed by atoms with van der Waals surface area (Å²) >= 11 is 6.14. The minimum atomic E-state index is -4.67. The van der Waals surface area contributed by atoms with Crippen molar-refractivity contribution in [3.05, 3.63) is 58.1 Å². The SMILES string of the molecule is Nc1c(Cl)cc(C[C@@H](OCCCC2CCCCC(=O)Nc3ccccc3CC2)C(=O)N2CCC(N3CCCC3)CC2)cc1C(F)(F)F. The zero-order valence-electron chi connectivity index (χ0n) is 27.1. The third kappa shape index (κ3) is 9.86. The number of halogens is 4. The van der Waals surface area contributed by atoms with Crippen LogP contribution in [0, 0.1) is 5.92 Å². The average Bonchev–Trinajstić information content (AvgIpc) is 3.58. The van der Waals surface area contributed by atoms with Gasteiger partial charge < -0.3 is 25.6 Å². The molecule has 7 nitrogen and oxygen atoms in total. The Morgan fingerprint density at radius 2 is 1.74 bits per heavy atom. The topological polar surface area (TPSA) is 87.9 Å². The number of hydrogen-bond acceptors (Lipinski definition) is 5. The molecule has 11 heteroatoms. The van der Waals surface area contributed by atoms with Gasteiger partial charge in [0.25, 0.3) is 5.91 Å². The smallest absolute Gasteiger partial charge is 0.397 e. The zero-order chi connectivity index (χ0) is 33.4. The number of carbonyl (C=O) groups excluding carboxylic acids is 2. The maximum Gasteiger partial charge on any atom is 0.418 e. The van der Waals surface area contributed by atoms with Gasteiger partial charge in [-0.25, -0.2) is 0 Å². The van der Waals surface area contributed by atoms with Crippen LogP contribution in [-0.2, 0) is 33.3 Å². The molecule has 2 amide bonds. The number of alkyl halides is 3. The molecule has 3 aliphatic rings. The Kier molecular flexibility index (Phi) is 12.5. The van der Waals surface area contributed by atoms with Gasteiger partial charge in [-0.3, -0.25) is 9.59 Å². The Labute approximate surface area is 281 Å². The molecular formula is C36H48ClF3N4O3. The quantitative estimate of drug-likeness (QED) is 0.212. The van der Waals surface area contributed by atoms with E-state index in [0.717, 1.165) is 88.2 Å². The summed E-state index contributed by atoms with van der Waals surface area (Å²) in [7, 11) is 0. The predicted octanol–water partition coefficient (Wildman–Crippen LogP) is 7.50. The normalized spacial score (nSPS) is 21.1. The van der Waals surface area contributed by atoms with Gasteiger partial charge in [0.05, 0.1) is 16.3 Å². The summed E-state index contributed by atoms with van der Waals surface area (Å²) in [5.74, 6) is 0.295. The van der Waals surface area contributed by atoms with Gasteiger partial charge >= 0.3 is 6.18 Å². The molecule has 2 atom stereocenters. The number of anilines is 2. The Morgan fingerprint density at radius 1 is 1.00 bits per heavy atom. The van der Waals surface area contributed by atoms with Gasteiger partial charge in [-0.2, -0.15) is 13.2 Å². The molecule has 0 aliphatic carbocycles. The van der Waals surface area contributed by atoms with Gasteiger partial charge in [-0.1, -0.05) is 42.6 Å². The van der Waals surface area contributed by atoms with Crippen molar-refractivity contribution in [1.29, 1.82) is 0 Å². The highest BCUT2D eigenvalue weighted by Gasteiger charge is 2.36. The van der Waals surface area contributed by atoms with Crippen LogP contribution in [0.3, 0.4) is 0 Å². The molecular weight excluding hydrogens is 629 g/mol. The number of hydrogen-bond donors (Lipinski definition) is 2. The van der Waals surface area contributed by atoms with Crippen molar-refractivity contribution >= 4 is 34.8 Å². The monoisotopic (exact) mass is 676 g/mol. The van der Waals surface area contributed by atoms with E-state index in [4.69, 9.17) is 22.1 Å². The number of carbonyl (C=O) groups is 2. The number of amides is 2. The van der Waals surface area contributed by atoms with Crippen molar-refractivity contribution in [2.24, 2.45) is 5.92 Å². The first-order chi connectivity index (χ1) is 22.6. The van der Waals surface area contributed by atoms with Crippen molar-refractivity contribution in [3.63, 3.8) is 0 Å². The minimum absolute atomic E-state index is 0.0186. The number of nitrogens with two attached hydrogens (primary N) is 1. The van der Waals surface area contributed by atoms with Gasteiger partial charge in [0.2, 0.25) is 5.91 Å². The number of piperidine rings is 1. The first-order valence-corrected chi connectivity index (χ1v) is 17.6. The number of likely N-dealkylation sites (tertiary alicyclic amines) is 2. The molecule has 2 aromatic carbocycles. The maximum absolute atomic E-state index is 13.9. The van der Waals surface area contributed by atoms with Crippen LogP contribution in [-0.4, -0.2) is 66.5 Å². The molecule has 2 saturated heterocycles. The molecule has 0 radical (unpaired) electrons. The second kappa shape index (κ2) is 16.5. The summed E-state index contributed by atoms with van der Waals surface area (Å²) in [5.41, 5.74) is 6.44. The Morgan fingerprint density at radius 3 is 2.49 bits per heavy atom. The number of nitrogens with zero attached hydrogens (tertiary/aromatic N) is 2. The van der Waals surface area contributed by atoms with E-state index in [1.807, 2.05) is 23.1 Å². The molecule has 2 fully saturated rings. The van der Waals surface area contributed by atoms with E-state index in [1.165, 1.54) is 18.9 Å².